The number of furan rings is 1. The summed E-state index contributed by atoms with van der Waals surface area (Å²) < 4.78 is 16.7. The van der Waals surface area contributed by atoms with Crippen LogP contribution in [0.25, 0.3) is 27.9 Å². The summed E-state index contributed by atoms with van der Waals surface area (Å²) in [5, 5.41) is 24.4. The third-order valence-electron chi connectivity index (χ3n) is 4.83. The Bertz CT molecular complexity index is 1100. The Morgan fingerprint density at radius 1 is 1.25 bits per heavy atom. The van der Waals surface area contributed by atoms with Gasteiger partial charge in [0.25, 0.3) is 5.89 Å². The van der Waals surface area contributed by atoms with E-state index in [0.717, 1.165) is 23.8 Å². The normalized spacial score (nSPS) is 13.3. The van der Waals surface area contributed by atoms with Crippen molar-refractivity contribution in [2.75, 3.05) is 26.4 Å². The summed E-state index contributed by atoms with van der Waals surface area (Å²) in [6.45, 7) is 4.11. The van der Waals surface area contributed by atoms with Gasteiger partial charge in [-0.3, -0.25) is 0 Å². The smallest absolute Gasteiger partial charge is 0.257 e. The number of aromatic nitrogens is 2. The second-order valence-electron chi connectivity index (χ2n) is 7.47. The number of fused-ring (bicyclic) bond motifs is 1. The van der Waals surface area contributed by atoms with E-state index in [4.69, 9.17) is 31.0 Å². The summed E-state index contributed by atoms with van der Waals surface area (Å²) in [6, 6.07) is 7.07. The summed E-state index contributed by atoms with van der Waals surface area (Å²) in [4.78, 5) is 4.52. The zero-order chi connectivity index (χ0) is 23.1. The molecule has 2 heterocycles. The fourth-order valence-corrected chi connectivity index (χ4v) is 3.24. The molecule has 0 saturated carbocycles. The van der Waals surface area contributed by atoms with Gasteiger partial charge in [-0.15, -0.1) is 0 Å². The average Bonchev–Trinajstić information content (AvgIpc) is 3.45. The Kier molecular flexibility index (Phi) is 8.22. The van der Waals surface area contributed by atoms with Gasteiger partial charge in [0.05, 0.1) is 19.8 Å². The minimum absolute atomic E-state index is 0.293. The molecular formula is C23H28ClN3O5. The van der Waals surface area contributed by atoms with Crippen LogP contribution in [0.4, 0.5) is 0 Å². The van der Waals surface area contributed by atoms with Crippen molar-refractivity contribution in [2.45, 2.75) is 32.2 Å². The number of hydrogen-bond donors (Lipinski definition) is 3. The summed E-state index contributed by atoms with van der Waals surface area (Å²) in [5.74, 6) is 1.05. The number of halogens is 1. The van der Waals surface area contributed by atoms with Crippen LogP contribution in [0.3, 0.4) is 0 Å². The SMILES string of the molecule is CCC=C(C=C(Cl)COCCC)c1nc(-c2ccc3oc(C(N)(CO)CO)cc3c2)no1. The van der Waals surface area contributed by atoms with Gasteiger partial charge in [0.2, 0.25) is 5.82 Å². The Balaban J connectivity index is 1.87. The van der Waals surface area contributed by atoms with E-state index in [2.05, 4.69) is 10.1 Å². The zero-order valence-electron chi connectivity index (χ0n) is 18.2. The molecule has 3 rings (SSSR count). The van der Waals surface area contributed by atoms with E-state index in [-0.39, 0.29) is 0 Å². The molecule has 0 atom stereocenters. The average molecular weight is 462 g/mol. The Labute approximate surface area is 191 Å². The van der Waals surface area contributed by atoms with E-state index in [1.54, 1.807) is 24.3 Å². The molecule has 0 aliphatic rings. The van der Waals surface area contributed by atoms with Gasteiger partial charge in [-0.2, -0.15) is 4.98 Å². The van der Waals surface area contributed by atoms with Crippen molar-refractivity contribution in [3.63, 3.8) is 0 Å². The molecule has 0 amide bonds. The number of hydrogen-bond acceptors (Lipinski definition) is 8. The van der Waals surface area contributed by atoms with Crippen LogP contribution in [0, 0.1) is 0 Å². The van der Waals surface area contributed by atoms with Crippen LogP contribution in [-0.2, 0) is 10.3 Å². The van der Waals surface area contributed by atoms with Crippen molar-refractivity contribution in [2.24, 2.45) is 5.73 Å². The second kappa shape index (κ2) is 10.9. The van der Waals surface area contributed by atoms with Gasteiger partial charge in [-0.1, -0.05) is 36.7 Å². The molecule has 0 aliphatic carbocycles. The van der Waals surface area contributed by atoms with Crippen LogP contribution < -0.4 is 5.73 Å². The topological polar surface area (TPSA) is 128 Å². The van der Waals surface area contributed by atoms with Crippen LogP contribution >= 0.6 is 11.6 Å². The summed E-state index contributed by atoms with van der Waals surface area (Å²) in [6.07, 6.45) is 5.41. The van der Waals surface area contributed by atoms with Crippen LogP contribution in [0.1, 0.15) is 38.3 Å². The van der Waals surface area contributed by atoms with Crippen molar-refractivity contribution >= 4 is 28.1 Å². The minimum Gasteiger partial charge on any atom is -0.459 e. The Morgan fingerprint density at radius 3 is 2.72 bits per heavy atom. The number of allylic oxidation sites excluding steroid dienone is 3. The molecule has 3 aromatic rings. The number of ether oxygens (including phenoxy) is 1. The Morgan fingerprint density at radius 2 is 2.03 bits per heavy atom. The fraction of sp³-hybridized carbons (Fsp3) is 0.391. The number of rotatable bonds is 11. The van der Waals surface area contributed by atoms with Crippen LogP contribution in [0.15, 0.2) is 50.4 Å². The van der Waals surface area contributed by atoms with Gasteiger partial charge in [0.1, 0.15) is 16.9 Å². The second-order valence-corrected chi connectivity index (χ2v) is 7.96. The molecular weight excluding hydrogens is 434 g/mol. The highest BCUT2D eigenvalue weighted by Crippen LogP contribution is 2.30. The molecule has 172 valence electrons. The molecule has 0 spiro atoms. The first-order valence-corrected chi connectivity index (χ1v) is 10.8. The van der Waals surface area contributed by atoms with Gasteiger partial charge in [0.15, 0.2) is 0 Å². The van der Waals surface area contributed by atoms with Crippen molar-refractivity contribution < 1.29 is 23.9 Å². The monoisotopic (exact) mass is 461 g/mol. The van der Waals surface area contributed by atoms with Gasteiger partial charge in [-0.05, 0) is 43.2 Å². The van der Waals surface area contributed by atoms with Crippen molar-refractivity contribution in [1.82, 2.24) is 10.1 Å². The number of benzene rings is 1. The maximum atomic E-state index is 9.51. The molecule has 32 heavy (non-hydrogen) atoms. The van der Waals surface area contributed by atoms with Gasteiger partial charge in [-0.25, -0.2) is 0 Å². The summed E-state index contributed by atoms with van der Waals surface area (Å²) >= 11 is 6.30. The Hall–Kier alpha value is -2.49. The molecule has 0 saturated heterocycles. The quantitative estimate of drug-likeness (QED) is 0.289. The standard InChI is InChI=1S/C23H28ClN3O5/c1-3-5-16(10-18(24)12-30-8-4-2)22-26-21(27-32-22)15-6-7-19-17(9-15)11-20(31-19)23(25,13-28)14-29/h5-7,9-11,28-29H,3-4,8,12-14,25H2,1-2H3. The molecule has 2 aromatic heterocycles. The van der Waals surface area contributed by atoms with Crippen molar-refractivity contribution in [1.29, 1.82) is 0 Å². The van der Waals surface area contributed by atoms with Gasteiger partial charge >= 0.3 is 0 Å². The third-order valence-corrected chi connectivity index (χ3v) is 5.05. The highest BCUT2D eigenvalue weighted by atomic mass is 35.5. The van der Waals surface area contributed by atoms with Crippen molar-refractivity contribution in [3.05, 3.63) is 53.1 Å². The summed E-state index contributed by atoms with van der Waals surface area (Å²) in [5.41, 5.74) is 6.66. The van der Waals surface area contributed by atoms with E-state index in [0.29, 0.717) is 46.9 Å². The zero-order valence-corrected chi connectivity index (χ0v) is 18.9. The maximum absolute atomic E-state index is 9.51. The molecule has 9 heteroatoms. The van der Waals surface area contributed by atoms with Crippen molar-refractivity contribution in [3.8, 4) is 11.4 Å². The molecule has 0 aliphatic heterocycles. The van der Waals surface area contributed by atoms with Gasteiger partial charge in [0, 0.05) is 28.2 Å². The molecule has 0 unspecified atom stereocenters. The lowest BCUT2D eigenvalue weighted by molar-refractivity contribution is 0.105. The van der Waals surface area contributed by atoms with Crippen LogP contribution in [0.5, 0.6) is 0 Å². The lowest BCUT2D eigenvalue weighted by atomic mass is 10.00. The van der Waals surface area contributed by atoms with Crippen LogP contribution in [-0.4, -0.2) is 46.8 Å². The molecule has 0 fully saturated rings. The van der Waals surface area contributed by atoms with Gasteiger partial charge < -0.3 is 29.6 Å². The highest BCUT2D eigenvalue weighted by Gasteiger charge is 2.30. The largest absolute Gasteiger partial charge is 0.459 e. The first-order valence-electron chi connectivity index (χ1n) is 10.5. The fourth-order valence-electron chi connectivity index (χ4n) is 3.04. The highest BCUT2D eigenvalue weighted by molar-refractivity contribution is 6.30. The molecule has 0 radical (unpaired) electrons. The molecule has 4 N–H and O–H groups in total. The summed E-state index contributed by atoms with van der Waals surface area (Å²) in [7, 11) is 0. The maximum Gasteiger partial charge on any atom is 0.257 e. The number of aliphatic hydroxyl groups is 2. The van der Waals surface area contributed by atoms with E-state index in [1.165, 1.54) is 0 Å². The third kappa shape index (κ3) is 5.46. The first kappa shape index (κ1) is 24.2. The lowest BCUT2D eigenvalue weighted by Crippen LogP contribution is -2.43. The van der Waals surface area contributed by atoms with Crippen LogP contribution in [0.2, 0.25) is 0 Å². The van der Waals surface area contributed by atoms with E-state index >= 15 is 0 Å². The first-order chi connectivity index (χ1) is 15.4. The van der Waals surface area contributed by atoms with E-state index in [1.807, 2.05) is 26.0 Å². The van der Waals surface area contributed by atoms with E-state index in [9.17, 15) is 10.2 Å². The minimum atomic E-state index is -1.36. The predicted octanol–water partition coefficient (Wildman–Crippen LogP) is 3.96. The predicted molar refractivity (Wildman–Crippen MR) is 123 cm³/mol. The number of nitrogens with zero attached hydrogens (tertiary/aromatic N) is 2. The molecule has 0 bridgehead atoms. The molecule has 1 aromatic carbocycles. The number of nitrogens with two attached hydrogens (primary N) is 1. The van der Waals surface area contributed by atoms with E-state index < -0.39 is 18.8 Å². The number of aliphatic hydroxyl groups excluding tert-OH is 2. The lowest BCUT2D eigenvalue weighted by Gasteiger charge is -2.21. The molecule has 8 nitrogen and oxygen atoms in total.